The molecule has 0 unspecified atom stereocenters. The van der Waals surface area contributed by atoms with Gasteiger partial charge in [-0.2, -0.15) is 0 Å². The molecule has 3 heteroatoms. The first-order valence-corrected chi connectivity index (χ1v) is 6.00. The lowest BCUT2D eigenvalue weighted by Gasteiger charge is -2.29. The fourth-order valence-electron chi connectivity index (χ4n) is 1.94. The van der Waals surface area contributed by atoms with Gasteiger partial charge in [0.15, 0.2) is 0 Å². The number of carbonyl (C=O) groups excluding carboxylic acids is 1. The molecular weight excluding hydrogens is 190 g/mol. The molecule has 0 spiro atoms. The van der Waals surface area contributed by atoms with E-state index in [0.717, 1.165) is 32.4 Å². The van der Waals surface area contributed by atoms with Crippen LogP contribution in [0.4, 0.5) is 0 Å². The summed E-state index contributed by atoms with van der Waals surface area (Å²) in [6.45, 7) is 7.83. The van der Waals surface area contributed by atoms with Crippen molar-refractivity contribution in [2.24, 2.45) is 0 Å². The van der Waals surface area contributed by atoms with Crippen molar-refractivity contribution in [3.8, 4) is 0 Å². The molecular formula is C12H25NO2. The van der Waals surface area contributed by atoms with Crippen molar-refractivity contribution in [1.82, 2.24) is 4.90 Å². The minimum atomic E-state index is 0.205. The summed E-state index contributed by atoms with van der Waals surface area (Å²) in [6.07, 6.45) is 3.78. The predicted octanol–water partition coefficient (Wildman–Crippen LogP) is 1.84. The van der Waals surface area contributed by atoms with Gasteiger partial charge in [-0.1, -0.05) is 13.8 Å². The molecule has 0 heterocycles. The summed E-state index contributed by atoms with van der Waals surface area (Å²) in [6, 6.07) is 0.545. The van der Waals surface area contributed by atoms with Gasteiger partial charge in [0.25, 0.3) is 0 Å². The van der Waals surface area contributed by atoms with Gasteiger partial charge < -0.3 is 9.90 Å². The highest BCUT2D eigenvalue weighted by molar-refractivity contribution is 5.75. The summed E-state index contributed by atoms with van der Waals surface area (Å²) in [5.74, 6) is 0.253. The molecule has 3 nitrogen and oxygen atoms in total. The van der Waals surface area contributed by atoms with Gasteiger partial charge in [0, 0.05) is 19.0 Å². The second-order valence-corrected chi connectivity index (χ2v) is 4.04. The van der Waals surface area contributed by atoms with Crippen molar-refractivity contribution >= 4 is 5.78 Å². The third kappa shape index (κ3) is 6.63. The number of aliphatic hydroxyl groups excluding tert-OH is 1. The Labute approximate surface area is 93.5 Å². The molecule has 0 aliphatic rings. The van der Waals surface area contributed by atoms with Crippen LogP contribution in [0.25, 0.3) is 0 Å². The largest absolute Gasteiger partial charge is 0.395 e. The first kappa shape index (κ1) is 14.6. The van der Waals surface area contributed by atoms with E-state index in [9.17, 15) is 4.79 Å². The van der Waals surface area contributed by atoms with Gasteiger partial charge in [-0.25, -0.2) is 0 Å². The molecule has 0 aliphatic heterocycles. The lowest BCUT2D eigenvalue weighted by Crippen LogP contribution is -2.37. The van der Waals surface area contributed by atoms with E-state index >= 15 is 0 Å². The maximum Gasteiger partial charge on any atom is 0.129 e. The molecule has 0 aromatic carbocycles. The first-order valence-electron chi connectivity index (χ1n) is 6.00. The summed E-state index contributed by atoms with van der Waals surface area (Å²) in [5, 5.41) is 8.98. The molecule has 0 bridgehead atoms. The lowest BCUT2D eigenvalue weighted by atomic mass is 10.1. The summed E-state index contributed by atoms with van der Waals surface area (Å²) >= 11 is 0. The van der Waals surface area contributed by atoms with Crippen LogP contribution in [0.2, 0.25) is 0 Å². The second kappa shape index (κ2) is 8.86. The Morgan fingerprint density at radius 1 is 1.27 bits per heavy atom. The van der Waals surface area contributed by atoms with Crippen LogP contribution >= 0.6 is 0 Å². The Balaban J connectivity index is 3.96. The van der Waals surface area contributed by atoms with E-state index in [2.05, 4.69) is 18.7 Å². The van der Waals surface area contributed by atoms with Crippen LogP contribution in [0.5, 0.6) is 0 Å². The van der Waals surface area contributed by atoms with E-state index < -0.39 is 0 Å². The fraction of sp³-hybridized carbons (Fsp3) is 0.917. The summed E-state index contributed by atoms with van der Waals surface area (Å²) in [7, 11) is 0. The molecule has 0 saturated carbocycles. The summed E-state index contributed by atoms with van der Waals surface area (Å²) in [5.41, 5.74) is 0. The number of Topliss-reactive ketones (excluding diaryl/α,β-unsaturated/α-hetero) is 1. The minimum Gasteiger partial charge on any atom is -0.395 e. The third-order valence-electron chi connectivity index (χ3n) is 2.82. The highest BCUT2D eigenvalue weighted by Gasteiger charge is 2.13. The Bertz CT molecular complexity index is 167. The fourth-order valence-corrected chi connectivity index (χ4v) is 1.94. The van der Waals surface area contributed by atoms with Gasteiger partial charge in [-0.3, -0.25) is 4.90 Å². The average molecular weight is 215 g/mol. The van der Waals surface area contributed by atoms with Crippen LogP contribution < -0.4 is 0 Å². The Kier molecular flexibility index (Phi) is 8.62. The zero-order valence-electron chi connectivity index (χ0n) is 10.3. The molecule has 0 amide bonds. The molecule has 0 saturated heterocycles. The predicted molar refractivity (Wildman–Crippen MR) is 62.9 cm³/mol. The highest BCUT2D eigenvalue weighted by Crippen LogP contribution is 2.09. The zero-order chi connectivity index (χ0) is 11.7. The van der Waals surface area contributed by atoms with Crippen LogP contribution in [0, 0.1) is 0 Å². The number of rotatable bonds is 9. The maximum atomic E-state index is 10.8. The molecule has 0 fully saturated rings. The van der Waals surface area contributed by atoms with Crippen LogP contribution in [0.1, 0.15) is 46.5 Å². The normalized spacial score (nSPS) is 11.3. The number of aliphatic hydroxyl groups is 1. The standard InChI is InChI=1S/C12H25NO2/c1-4-12(5-2)13(9-10-14)8-6-7-11(3)15/h12,14H,4-10H2,1-3H3. The van der Waals surface area contributed by atoms with Crippen molar-refractivity contribution in [3.05, 3.63) is 0 Å². The molecule has 0 radical (unpaired) electrons. The van der Waals surface area contributed by atoms with Gasteiger partial charge in [0.2, 0.25) is 0 Å². The zero-order valence-corrected chi connectivity index (χ0v) is 10.3. The van der Waals surface area contributed by atoms with Crippen molar-refractivity contribution in [2.45, 2.75) is 52.5 Å². The second-order valence-electron chi connectivity index (χ2n) is 4.04. The minimum absolute atomic E-state index is 0.205. The van der Waals surface area contributed by atoms with Gasteiger partial charge in [-0.15, -0.1) is 0 Å². The van der Waals surface area contributed by atoms with Crippen LogP contribution in [-0.4, -0.2) is 41.5 Å². The van der Waals surface area contributed by atoms with Gasteiger partial charge >= 0.3 is 0 Å². The van der Waals surface area contributed by atoms with E-state index in [1.54, 1.807) is 6.92 Å². The Morgan fingerprint density at radius 2 is 1.87 bits per heavy atom. The van der Waals surface area contributed by atoms with Crippen LogP contribution in [0.3, 0.4) is 0 Å². The van der Waals surface area contributed by atoms with Crippen LogP contribution in [0.15, 0.2) is 0 Å². The van der Waals surface area contributed by atoms with E-state index in [4.69, 9.17) is 5.11 Å². The number of hydrogen-bond acceptors (Lipinski definition) is 3. The van der Waals surface area contributed by atoms with Crippen molar-refractivity contribution in [1.29, 1.82) is 0 Å². The summed E-state index contributed by atoms with van der Waals surface area (Å²) in [4.78, 5) is 13.1. The smallest absolute Gasteiger partial charge is 0.129 e. The SMILES string of the molecule is CCC(CC)N(CCO)CCCC(C)=O. The van der Waals surface area contributed by atoms with Crippen molar-refractivity contribution in [2.75, 3.05) is 19.7 Å². The van der Waals surface area contributed by atoms with Gasteiger partial charge in [-0.05, 0) is 32.7 Å². The molecule has 0 aromatic heterocycles. The third-order valence-corrected chi connectivity index (χ3v) is 2.82. The van der Waals surface area contributed by atoms with Crippen LogP contribution in [-0.2, 0) is 4.79 Å². The quantitative estimate of drug-likeness (QED) is 0.638. The monoisotopic (exact) mass is 215 g/mol. The molecule has 0 atom stereocenters. The lowest BCUT2D eigenvalue weighted by molar-refractivity contribution is -0.117. The highest BCUT2D eigenvalue weighted by atomic mass is 16.3. The van der Waals surface area contributed by atoms with Gasteiger partial charge in [0.05, 0.1) is 6.61 Å². The van der Waals surface area contributed by atoms with E-state index in [0.29, 0.717) is 12.5 Å². The first-order chi connectivity index (χ1) is 7.15. The molecule has 0 aliphatic carbocycles. The maximum absolute atomic E-state index is 10.8. The van der Waals surface area contributed by atoms with Crippen molar-refractivity contribution < 1.29 is 9.90 Å². The number of nitrogens with zero attached hydrogens (tertiary/aromatic N) is 1. The average Bonchev–Trinajstić information content (AvgIpc) is 2.19. The Hall–Kier alpha value is -0.410. The molecule has 1 N–H and O–H groups in total. The molecule has 15 heavy (non-hydrogen) atoms. The van der Waals surface area contributed by atoms with Crippen molar-refractivity contribution in [3.63, 3.8) is 0 Å². The number of ketones is 1. The molecule has 0 aromatic rings. The number of carbonyl (C=O) groups is 1. The topological polar surface area (TPSA) is 40.5 Å². The number of hydrogen-bond donors (Lipinski definition) is 1. The Morgan fingerprint density at radius 3 is 2.27 bits per heavy atom. The van der Waals surface area contributed by atoms with Gasteiger partial charge in [0.1, 0.15) is 5.78 Å². The molecule has 90 valence electrons. The summed E-state index contributed by atoms with van der Waals surface area (Å²) < 4.78 is 0. The van der Waals surface area contributed by atoms with E-state index in [-0.39, 0.29) is 12.4 Å². The van der Waals surface area contributed by atoms with E-state index in [1.807, 2.05) is 0 Å². The van der Waals surface area contributed by atoms with E-state index in [1.165, 1.54) is 0 Å². The molecule has 0 rings (SSSR count).